The van der Waals surface area contributed by atoms with E-state index < -0.39 is 12.1 Å². The Kier molecular flexibility index (Phi) is 7.42. The first-order valence-electron chi connectivity index (χ1n) is 5.03. The van der Waals surface area contributed by atoms with E-state index in [1.54, 1.807) is 11.8 Å². The van der Waals surface area contributed by atoms with Crippen LogP contribution in [0.5, 0.6) is 0 Å². The van der Waals surface area contributed by atoms with Crippen LogP contribution in [0.15, 0.2) is 0 Å². The molecule has 0 bridgehead atoms. The Morgan fingerprint density at radius 2 is 2.13 bits per heavy atom. The summed E-state index contributed by atoms with van der Waals surface area (Å²) in [6.45, 7) is 3.76. The van der Waals surface area contributed by atoms with Gasteiger partial charge in [-0.3, -0.25) is 4.79 Å². The third-order valence-electron chi connectivity index (χ3n) is 2.14. The molecule has 15 heavy (non-hydrogen) atoms. The molecular formula is C10H20N2O2S. The molecule has 0 aliphatic rings. The van der Waals surface area contributed by atoms with Gasteiger partial charge < -0.3 is 15.8 Å². The number of hydrogen-bond acceptors (Lipinski definition) is 4. The molecule has 1 amide bonds. The highest BCUT2D eigenvalue weighted by Gasteiger charge is 2.19. The molecule has 2 unspecified atom stereocenters. The van der Waals surface area contributed by atoms with E-state index in [1.165, 1.54) is 0 Å². The summed E-state index contributed by atoms with van der Waals surface area (Å²) in [6.07, 6.45) is 3.35. The van der Waals surface area contributed by atoms with Crippen LogP contribution >= 0.6 is 11.8 Å². The smallest absolute Gasteiger partial charge is 0.237 e. The number of aldehydes is 1. The molecule has 0 aromatic carbocycles. The largest absolute Gasteiger partial charge is 0.345 e. The highest BCUT2D eigenvalue weighted by atomic mass is 32.2. The van der Waals surface area contributed by atoms with Gasteiger partial charge in [0.2, 0.25) is 5.91 Å². The zero-order valence-corrected chi connectivity index (χ0v) is 10.3. The maximum absolute atomic E-state index is 11.5. The monoisotopic (exact) mass is 232 g/mol. The minimum atomic E-state index is -0.515. The van der Waals surface area contributed by atoms with Crippen molar-refractivity contribution in [1.82, 2.24) is 5.32 Å². The van der Waals surface area contributed by atoms with E-state index in [1.807, 2.05) is 20.1 Å². The van der Waals surface area contributed by atoms with E-state index in [2.05, 4.69) is 5.32 Å². The van der Waals surface area contributed by atoms with Gasteiger partial charge in [-0.15, -0.1) is 0 Å². The average molecular weight is 232 g/mol. The zero-order valence-electron chi connectivity index (χ0n) is 9.53. The molecule has 5 heteroatoms. The predicted molar refractivity (Wildman–Crippen MR) is 63.8 cm³/mol. The molecule has 0 radical (unpaired) electrons. The van der Waals surface area contributed by atoms with Crippen LogP contribution in [-0.4, -0.2) is 36.3 Å². The summed E-state index contributed by atoms with van der Waals surface area (Å²) >= 11 is 1.65. The number of carbonyl (C=O) groups excluding carboxylic acids is 2. The van der Waals surface area contributed by atoms with Gasteiger partial charge in [0.15, 0.2) is 0 Å². The van der Waals surface area contributed by atoms with E-state index in [0.29, 0.717) is 6.42 Å². The summed E-state index contributed by atoms with van der Waals surface area (Å²) in [5.41, 5.74) is 5.67. The molecule has 3 N–H and O–H groups in total. The van der Waals surface area contributed by atoms with Crippen molar-refractivity contribution in [2.75, 3.05) is 12.0 Å². The number of amides is 1. The Labute approximate surface area is 95.4 Å². The topological polar surface area (TPSA) is 72.2 Å². The highest BCUT2D eigenvalue weighted by Crippen LogP contribution is 2.02. The lowest BCUT2D eigenvalue weighted by Gasteiger charge is -2.18. The molecule has 0 heterocycles. The molecule has 88 valence electrons. The van der Waals surface area contributed by atoms with Crippen molar-refractivity contribution in [3.05, 3.63) is 0 Å². The van der Waals surface area contributed by atoms with Crippen molar-refractivity contribution in [3.63, 3.8) is 0 Å². The molecule has 0 aromatic heterocycles. The first-order chi connectivity index (χ1) is 7.02. The second kappa shape index (κ2) is 7.70. The summed E-state index contributed by atoms with van der Waals surface area (Å²) in [5, 5.41) is 2.63. The number of thioether (sulfide) groups is 1. The van der Waals surface area contributed by atoms with Gasteiger partial charge in [-0.05, 0) is 24.3 Å². The molecule has 0 spiro atoms. The van der Waals surface area contributed by atoms with Gasteiger partial charge in [-0.1, -0.05) is 13.8 Å². The van der Waals surface area contributed by atoms with Crippen LogP contribution in [-0.2, 0) is 9.59 Å². The molecule has 0 fully saturated rings. The van der Waals surface area contributed by atoms with E-state index in [0.717, 1.165) is 12.0 Å². The Morgan fingerprint density at radius 3 is 2.53 bits per heavy atom. The predicted octanol–water partition coefficient (Wildman–Crippen LogP) is 0.406. The summed E-state index contributed by atoms with van der Waals surface area (Å²) in [6, 6.07) is -0.948. The number of hydrogen-bond donors (Lipinski definition) is 2. The van der Waals surface area contributed by atoms with Crippen LogP contribution in [0.4, 0.5) is 0 Å². The van der Waals surface area contributed by atoms with Crippen molar-refractivity contribution in [2.24, 2.45) is 11.7 Å². The molecule has 4 nitrogen and oxygen atoms in total. The fourth-order valence-electron chi connectivity index (χ4n) is 1.01. The molecule has 0 saturated carbocycles. The van der Waals surface area contributed by atoms with Crippen LogP contribution in [0.1, 0.15) is 20.3 Å². The Bertz CT molecular complexity index is 210. The summed E-state index contributed by atoms with van der Waals surface area (Å²) in [7, 11) is 0. The minimum Gasteiger partial charge on any atom is -0.345 e. The Hall–Kier alpha value is -0.550. The number of nitrogens with one attached hydrogen (secondary N) is 1. The van der Waals surface area contributed by atoms with E-state index >= 15 is 0 Å². The van der Waals surface area contributed by atoms with Crippen molar-refractivity contribution < 1.29 is 9.59 Å². The fourth-order valence-corrected chi connectivity index (χ4v) is 1.49. The van der Waals surface area contributed by atoms with Gasteiger partial charge in [-0.2, -0.15) is 11.8 Å². The van der Waals surface area contributed by atoms with Crippen LogP contribution in [0.2, 0.25) is 0 Å². The van der Waals surface area contributed by atoms with Gasteiger partial charge in [0, 0.05) is 0 Å². The lowest BCUT2D eigenvalue weighted by Crippen LogP contribution is -2.48. The molecule has 0 aliphatic heterocycles. The van der Waals surface area contributed by atoms with E-state index in [-0.39, 0.29) is 11.8 Å². The third kappa shape index (κ3) is 5.79. The number of rotatable bonds is 7. The average Bonchev–Trinajstić information content (AvgIpc) is 2.21. The van der Waals surface area contributed by atoms with Gasteiger partial charge in [0.1, 0.15) is 6.29 Å². The summed E-state index contributed by atoms with van der Waals surface area (Å²) in [5.74, 6) is 0.705. The SMILES string of the molecule is CSCCC(N)C(=O)NC(C=O)C(C)C. The van der Waals surface area contributed by atoms with Crippen molar-refractivity contribution in [1.29, 1.82) is 0 Å². The maximum Gasteiger partial charge on any atom is 0.237 e. The molecular weight excluding hydrogens is 212 g/mol. The van der Waals surface area contributed by atoms with E-state index in [4.69, 9.17) is 5.73 Å². The molecule has 0 rings (SSSR count). The van der Waals surface area contributed by atoms with Crippen LogP contribution in [0, 0.1) is 5.92 Å². The van der Waals surface area contributed by atoms with Crippen molar-refractivity contribution >= 4 is 24.0 Å². The van der Waals surface area contributed by atoms with E-state index in [9.17, 15) is 9.59 Å². The molecule has 0 aliphatic carbocycles. The lowest BCUT2D eigenvalue weighted by molar-refractivity contribution is -0.125. The zero-order chi connectivity index (χ0) is 11.8. The minimum absolute atomic E-state index is 0.0965. The Morgan fingerprint density at radius 1 is 1.53 bits per heavy atom. The second-order valence-corrected chi connectivity index (χ2v) is 4.79. The molecule has 0 aromatic rings. The second-order valence-electron chi connectivity index (χ2n) is 3.80. The highest BCUT2D eigenvalue weighted by molar-refractivity contribution is 7.98. The fraction of sp³-hybridized carbons (Fsp3) is 0.800. The van der Waals surface area contributed by atoms with Crippen LogP contribution < -0.4 is 11.1 Å². The molecule has 0 saturated heterocycles. The van der Waals surface area contributed by atoms with Gasteiger partial charge in [0.05, 0.1) is 12.1 Å². The van der Waals surface area contributed by atoms with Crippen molar-refractivity contribution in [2.45, 2.75) is 32.4 Å². The van der Waals surface area contributed by atoms with Crippen LogP contribution in [0.25, 0.3) is 0 Å². The first-order valence-corrected chi connectivity index (χ1v) is 6.42. The van der Waals surface area contributed by atoms with Gasteiger partial charge in [-0.25, -0.2) is 0 Å². The summed E-state index contributed by atoms with van der Waals surface area (Å²) in [4.78, 5) is 22.2. The summed E-state index contributed by atoms with van der Waals surface area (Å²) < 4.78 is 0. The van der Waals surface area contributed by atoms with Gasteiger partial charge in [0.25, 0.3) is 0 Å². The van der Waals surface area contributed by atoms with Crippen molar-refractivity contribution in [3.8, 4) is 0 Å². The Balaban J connectivity index is 4.04. The first kappa shape index (κ1) is 14.5. The normalized spacial score (nSPS) is 14.7. The lowest BCUT2D eigenvalue weighted by atomic mass is 10.1. The standard InChI is InChI=1S/C10H20N2O2S/c1-7(2)9(6-13)12-10(14)8(11)4-5-15-3/h6-9H,4-5,11H2,1-3H3,(H,12,14). The maximum atomic E-state index is 11.5. The molecule has 2 atom stereocenters. The number of nitrogens with two attached hydrogens (primary N) is 1. The quantitative estimate of drug-likeness (QED) is 0.624. The number of carbonyl (C=O) groups is 2. The van der Waals surface area contributed by atoms with Gasteiger partial charge >= 0.3 is 0 Å². The third-order valence-corrected chi connectivity index (χ3v) is 2.79. The van der Waals surface area contributed by atoms with Crippen LogP contribution in [0.3, 0.4) is 0 Å².